The van der Waals surface area contributed by atoms with Crippen molar-refractivity contribution < 1.29 is 5.11 Å². The van der Waals surface area contributed by atoms with E-state index < -0.39 is 0 Å². The second kappa shape index (κ2) is 2.20. The summed E-state index contributed by atoms with van der Waals surface area (Å²) >= 11 is 5.81. The zero-order chi connectivity index (χ0) is 7.84. The lowest BCUT2D eigenvalue weighted by atomic mass is 10.2. The summed E-state index contributed by atoms with van der Waals surface area (Å²) in [4.78, 5) is 2.97. The van der Waals surface area contributed by atoms with Crippen LogP contribution in [0.2, 0.25) is 0 Å². The molecule has 0 spiro atoms. The number of aromatic amines is 1. The van der Waals surface area contributed by atoms with Gasteiger partial charge < -0.3 is 15.4 Å². The molecule has 3 nitrogen and oxygen atoms in total. The number of halogens is 1. The fourth-order valence-electron chi connectivity index (χ4n) is 1.10. The third-order valence-corrected chi connectivity index (χ3v) is 2.09. The van der Waals surface area contributed by atoms with E-state index in [9.17, 15) is 5.11 Å². The van der Waals surface area contributed by atoms with Crippen LogP contribution < -0.4 is 5.32 Å². The topological polar surface area (TPSA) is 48.0 Å². The van der Waals surface area contributed by atoms with Crippen LogP contribution in [0.4, 0.5) is 5.82 Å². The molecule has 1 aromatic heterocycles. The molecule has 0 radical (unpaired) electrons. The lowest BCUT2D eigenvalue weighted by Gasteiger charge is -2.13. The van der Waals surface area contributed by atoms with Crippen LogP contribution in [0.25, 0.3) is 5.03 Å². The maximum Gasteiger partial charge on any atom is 0.131 e. The van der Waals surface area contributed by atoms with E-state index >= 15 is 0 Å². The largest absolute Gasteiger partial charge is 0.509 e. The number of hydrogen-bond acceptors (Lipinski definition) is 2. The highest BCUT2D eigenvalue weighted by Crippen LogP contribution is 2.31. The highest BCUT2D eigenvalue weighted by Gasteiger charge is 2.16. The number of aromatic nitrogens is 1. The van der Waals surface area contributed by atoms with Gasteiger partial charge in [-0.25, -0.2) is 0 Å². The number of nitrogens with one attached hydrogen (secondary N) is 2. The van der Waals surface area contributed by atoms with Gasteiger partial charge in [0.25, 0.3) is 0 Å². The van der Waals surface area contributed by atoms with E-state index in [2.05, 4.69) is 10.3 Å². The molecule has 1 aliphatic heterocycles. The lowest BCUT2D eigenvalue weighted by Crippen LogP contribution is -2.11. The Morgan fingerprint density at radius 3 is 3.18 bits per heavy atom. The van der Waals surface area contributed by atoms with Crippen LogP contribution in [-0.2, 0) is 0 Å². The molecule has 0 saturated carbocycles. The smallest absolute Gasteiger partial charge is 0.131 e. The fourth-order valence-corrected chi connectivity index (χ4v) is 1.33. The van der Waals surface area contributed by atoms with Gasteiger partial charge >= 0.3 is 0 Å². The number of hydrogen-bond donors (Lipinski definition) is 3. The zero-order valence-electron chi connectivity index (χ0n) is 5.69. The molecule has 2 rings (SSSR count). The average molecular weight is 171 g/mol. The van der Waals surface area contributed by atoms with Crippen molar-refractivity contribution >= 4 is 22.5 Å². The van der Waals surface area contributed by atoms with Crippen LogP contribution in [0, 0.1) is 0 Å². The second-order valence-corrected chi connectivity index (χ2v) is 2.76. The molecule has 0 bridgehead atoms. The predicted octanol–water partition coefficient (Wildman–Crippen LogP) is 1.91. The van der Waals surface area contributed by atoms with Crippen LogP contribution in [0.3, 0.4) is 0 Å². The van der Waals surface area contributed by atoms with Gasteiger partial charge in [-0.15, -0.1) is 0 Å². The van der Waals surface area contributed by atoms with E-state index in [-0.39, 0.29) is 5.76 Å². The van der Waals surface area contributed by atoms with Crippen LogP contribution in [0.5, 0.6) is 0 Å². The van der Waals surface area contributed by atoms with Crippen LogP contribution in [0.1, 0.15) is 5.56 Å². The predicted molar refractivity (Wildman–Crippen MR) is 44.7 cm³/mol. The Morgan fingerprint density at radius 2 is 2.36 bits per heavy atom. The summed E-state index contributed by atoms with van der Waals surface area (Å²) in [5, 5.41) is 12.6. The Morgan fingerprint density at radius 1 is 1.55 bits per heavy atom. The highest BCUT2D eigenvalue weighted by atomic mass is 35.5. The minimum Gasteiger partial charge on any atom is -0.509 e. The normalized spacial score (nSPS) is 16.1. The Labute approximate surface area is 68.7 Å². The van der Waals surface area contributed by atoms with Crippen molar-refractivity contribution in [3.8, 4) is 0 Å². The molecule has 0 fully saturated rings. The minimum atomic E-state index is 0.193. The third kappa shape index (κ3) is 0.886. The summed E-state index contributed by atoms with van der Waals surface area (Å²) in [7, 11) is 0. The van der Waals surface area contributed by atoms with Gasteiger partial charge in [0.2, 0.25) is 0 Å². The SMILES string of the molecule is OC1=C(Cl)c2cc[nH]c2NC1. The van der Waals surface area contributed by atoms with Crippen molar-refractivity contribution in [1.82, 2.24) is 4.98 Å². The Kier molecular flexibility index (Phi) is 1.32. The highest BCUT2D eigenvalue weighted by molar-refractivity contribution is 6.49. The zero-order valence-corrected chi connectivity index (χ0v) is 6.44. The van der Waals surface area contributed by atoms with E-state index in [1.807, 2.05) is 6.07 Å². The maximum atomic E-state index is 9.21. The van der Waals surface area contributed by atoms with Gasteiger partial charge in [-0.3, -0.25) is 0 Å². The minimum absolute atomic E-state index is 0.193. The standard InChI is InChI=1S/C7H7ClN2O/c8-6-4-1-2-9-7(4)10-3-5(6)11/h1-2,9-11H,3H2. The molecule has 0 unspecified atom stereocenters. The number of fused-ring (bicyclic) bond motifs is 1. The molecule has 0 aromatic carbocycles. The lowest BCUT2D eigenvalue weighted by molar-refractivity contribution is 0.411. The van der Waals surface area contributed by atoms with Crippen molar-refractivity contribution in [2.24, 2.45) is 0 Å². The summed E-state index contributed by atoms with van der Waals surface area (Å²) in [5.41, 5.74) is 0.829. The van der Waals surface area contributed by atoms with Crippen molar-refractivity contribution in [1.29, 1.82) is 0 Å². The molecule has 0 amide bonds. The summed E-state index contributed by atoms with van der Waals surface area (Å²) in [5.74, 6) is 1.06. The van der Waals surface area contributed by atoms with Gasteiger partial charge in [0.15, 0.2) is 0 Å². The van der Waals surface area contributed by atoms with Gasteiger partial charge in [-0.05, 0) is 6.07 Å². The van der Waals surface area contributed by atoms with Gasteiger partial charge in [0.1, 0.15) is 11.6 Å². The first-order chi connectivity index (χ1) is 5.29. The number of rotatable bonds is 0. The Bertz CT molecular complexity index is 316. The van der Waals surface area contributed by atoms with E-state index in [4.69, 9.17) is 11.6 Å². The molecule has 3 N–H and O–H groups in total. The van der Waals surface area contributed by atoms with Gasteiger partial charge in [-0.2, -0.15) is 0 Å². The van der Waals surface area contributed by atoms with Crippen LogP contribution >= 0.6 is 11.6 Å². The quantitative estimate of drug-likeness (QED) is 0.557. The first kappa shape index (κ1) is 6.61. The van der Waals surface area contributed by atoms with Crippen LogP contribution in [0.15, 0.2) is 18.0 Å². The molecule has 0 saturated heterocycles. The Balaban J connectivity index is 2.57. The molecule has 4 heteroatoms. The fraction of sp³-hybridized carbons (Fsp3) is 0.143. The molecular formula is C7H7ClN2O. The van der Waals surface area contributed by atoms with Gasteiger partial charge in [0.05, 0.1) is 11.6 Å². The van der Waals surface area contributed by atoms with E-state index in [0.717, 1.165) is 11.4 Å². The molecule has 11 heavy (non-hydrogen) atoms. The molecule has 1 aliphatic rings. The van der Waals surface area contributed by atoms with Crippen LogP contribution in [-0.4, -0.2) is 16.6 Å². The number of H-pyrrole nitrogens is 1. The van der Waals surface area contributed by atoms with Crippen molar-refractivity contribution in [2.45, 2.75) is 0 Å². The van der Waals surface area contributed by atoms with E-state index in [0.29, 0.717) is 11.6 Å². The van der Waals surface area contributed by atoms with E-state index in [1.165, 1.54) is 0 Å². The molecule has 0 atom stereocenters. The first-order valence-corrected chi connectivity index (χ1v) is 3.66. The number of aliphatic hydroxyl groups is 1. The third-order valence-electron chi connectivity index (χ3n) is 1.67. The summed E-state index contributed by atoms with van der Waals surface area (Å²) < 4.78 is 0. The number of anilines is 1. The monoisotopic (exact) mass is 170 g/mol. The van der Waals surface area contributed by atoms with Gasteiger partial charge in [0, 0.05) is 11.8 Å². The molecule has 58 valence electrons. The molecular weight excluding hydrogens is 164 g/mol. The van der Waals surface area contributed by atoms with Crippen molar-refractivity contribution in [3.63, 3.8) is 0 Å². The average Bonchev–Trinajstić information content (AvgIpc) is 2.45. The first-order valence-electron chi connectivity index (χ1n) is 3.28. The van der Waals surface area contributed by atoms with Crippen molar-refractivity contribution in [2.75, 3.05) is 11.9 Å². The summed E-state index contributed by atoms with van der Waals surface area (Å²) in [6.07, 6.45) is 1.78. The summed E-state index contributed by atoms with van der Waals surface area (Å²) in [6.45, 7) is 0.395. The molecule has 0 aliphatic carbocycles. The number of aliphatic hydroxyl groups excluding tert-OH is 1. The van der Waals surface area contributed by atoms with Crippen molar-refractivity contribution in [3.05, 3.63) is 23.6 Å². The summed E-state index contributed by atoms with van der Waals surface area (Å²) in [6, 6.07) is 1.82. The Hall–Kier alpha value is -1.09. The second-order valence-electron chi connectivity index (χ2n) is 2.38. The van der Waals surface area contributed by atoms with Gasteiger partial charge in [-0.1, -0.05) is 11.6 Å². The molecule has 2 heterocycles. The molecule has 1 aromatic rings. The maximum absolute atomic E-state index is 9.21. The van der Waals surface area contributed by atoms with E-state index in [1.54, 1.807) is 6.20 Å².